The molecule has 1 aromatic rings. The van der Waals surface area contributed by atoms with Crippen molar-refractivity contribution in [2.24, 2.45) is 0 Å². The summed E-state index contributed by atoms with van der Waals surface area (Å²) in [4.78, 5) is 34.9. The van der Waals surface area contributed by atoms with Crippen molar-refractivity contribution in [2.75, 3.05) is 11.9 Å². The second-order valence-electron chi connectivity index (χ2n) is 5.20. The Kier molecular flexibility index (Phi) is 5.27. The fourth-order valence-corrected chi connectivity index (χ4v) is 2.10. The van der Waals surface area contributed by atoms with E-state index in [4.69, 9.17) is 9.47 Å². The molecule has 1 fully saturated rings. The second kappa shape index (κ2) is 7.17. The Morgan fingerprint density at radius 2 is 1.95 bits per heavy atom. The molecule has 1 amide bonds. The van der Waals surface area contributed by atoms with Crippen LogP contribution in [0, 0.1) is 0 Å². The lowest BCUT2D eigenvalue weighted by Gasteiger charge is -2.16. The van der Waals surface area contributed by atoms with Gasteiger partial charge in [-0.2, -0.15) is 0 Å². The zero-order chi connectivity index (χ0) is 16.1. The predicted molar refractivity (Wildman–Crippen MR) is 79.6 cm³/mol. The first kappa shape index (κ1) is 16.2. The molecule has 2 rings (SSSR count). The number of anilines is 1. The van der Waals surface area contributed by atoms with Crippen LogP contribution in [0.15, 0.2) is 24.3 Å². The lowest BCUT2D eigenvalue weighted by atomic mass is 10.1. The maximum Gasteiger partial charge on any atom is 0.336 e. The van der Waals surface area contributed by atoms with Gasteiger partial charge in [0.1, 0.15) is 0 Å². The van der Waals surface area contributed by atoms with Crippen molar-refractivity contribution in [1.82, 2.24) is 0 Å². The molecule has 2 atom stereocenters. The highest BCUT2D eigenvalue weighted by molar-refractivity contribution is 5.97. The number of hydrogen-bond donors (Lipinski definition) is 1. The van der Waals surface area contributed by atoms with Crippen molar-refractivity contribution in [2.45, 2.75) is 38.9 Å². The predicted octanol–water partition coefficient (Wildman–Crippen LogP) is 1.94. The van der Waals surface area contributed by atoms with Crippen LogP contribution in [0.5, 0.6) is 0 Å². The van der Waals surface area contributed by atoms with Crippen LogP contribution in [0.25, 0.3) is 0 Å². The van der Waals surface area contributed by atoms with Gasteiger partial charge in [0.25, 0.3) is 5.91 Å². The van der Waals surface area contributed by atoms with E-state index in [1.165, 1.54) is 13.8 Å². The molecule has 0 unspecified atom stereocenters. The Morgan fingerprint density at radius 3 is 2.50 bits per heavy atom. The zero-order valence-corrected chi connectivity index (χ0v) is 12.6. The molecular weight excluding hydrogens is 286 g/mol. The molecule has 0 radical (unpaired) electrons. The van der Waals surface area contributed by atoms with E-state index in [1.54, 1.807) is 24.3 Å². The van der Waals surface area contributed by atoms with Gasteiger partial charge >= 0.3 is 5.97 Å². The van der Waals surface area contributed by atoms with Crippen molar-refractivity contribution in [3.8, 4) is 0 Å². The Labute approximate surface area is 128 Å². The fourth-order valence-electron chi connectivity index (χ4n) is 2.10. The van der Waals surface area contributed by atoms with Gasteiger partial charge in [-0.05, 0) is 51.0 Å². The highest BCUT2D eigenvalue weighted by Crippen LogP contribution is 2.15. The number of Topliss-reactive ketones (excluding diaryl/α,β-unsaturated/α-hetero) is 1. The third-order valence-electron chi connectivity index (χ3n) is 3.41. The van der Waals surface area contributed by atoms with E-state index >= 15 is 0 Å². The van der Waals surface area contributed by atoms with Crippen LogP contribution in [0.2, 0.25) is 0 Å². The lowest BCUT2D eigenvalue weighted by Crippen LogP contribution is -2.33. The Balaban J connectivity index is 1.87. The number of esters is 1. The van der Waals surface area contributed by atoms with Crippen molar-refractivity contribution >= 4 is 23.3 Å². The SMILES string of the molecule is CC(=O)c1ccc(NC(=O)[C@H](C)OC(=O)[C@H]2CCCO2)cc1. The first-order valence-corrected chi connectivity index (χ1v) is 7.21. The lowest BCUT2D eigenvalue weighted by molar-refractivity contribution is -0.162. The highest BCUT2D eigenvalue weighted by atomic mass is 16.6. The number of ether oxygens (including phenoxy) is 2. The van der Waals surface area contributed by atoms with Crippen LogP contribution in [0.3, 0.4) is 0 Å². The summed E-state index contributed by atoms with van der Waals surface area (Å²) in [5, 5.41) is 2.64. The van der Waals surface area contributed by atoms with Gasteiger partial charge in [-0.25, -0.2) is 4.79 Å². The summed E-state index contributed by atoms with van der Waals surface area (Å²) in [5.74, 6) is -0.981. The number of amides is 1. The van der Waals surface area contributed by atoms with Gasteiger partial charge in [-0.15, -0.1) is 0 Å². The molecule has 1 aliphatic heterocycles. The molecule has 1 saturated heterocycles. The van der Waals surface area contributed by atoms with E-state index < -0.39 is 24.1 Å². The van der Waals surface area contributed by atoms with Gasteiger partial charge < -0.3 is 14.8 Å². The highest BCUT2D eigenvalue weighted by Gasteiger charge is 2.28. The number of carbonyl (C=O) groups is 3. The van der Waals surface area contributed by atoms with E-state index in [1.807, 2.05) is 0 Å². The molecule has 6 nitrogen and oxygen atoms in total. The minimum Gasteiger partial charge on any atom is -0.451 e. The Morgan fingerprint density at radius 1 is 1.27 bits per heavy atom. The number of ketones is 1. The molecule has 22 heavy (non-hydrogen) atoms. The topological polar surface area (TPSA) is 81.7 Å². The van der Waals surface area contributed by atoms with Crippen LogP contribution >= 0.6 is 0 Å². The largest absolute Gasteiger partial charge is 0.451 e. The Hall–Kier alpha value is -2.21. The monoisotopic (exact) mass is 305 g/mol. The maximum atomic E-state index is 12.0. The third kappa shape index (κ3) is 4.14. The van der Waals surface area contributed by atoms with Crippen molar-refractivity contribution < 1.29 is 23.9 Å². The molecule has 1 aromatic carbocycles. The first-order chi connectivity index (χ1) is 10.5. The molecular formula is C16H19NO5. The molecule has 1 aliphatic rings. The van der Waals surface area contributed by atoms with Crippen LogP contribution in [0.4, 0.5) is 5.69 Å². The number of benzene rings is 1. The molecule has 0 aromatic heterocycles. The Bertz CT molecular complexity index is 560. The fraction of sp³-hybridized carbons (Fsp3) is 0.438. The summed E-state index contributed by atoms with van der Waals surface area (Å²) in [5.41, 5.74) is 1.10. The molecule has 0 bridgehead atoms. The molecule has 0 spiro atoms. The van der Waals surface area contributed by atoms with Crippen LogP contribution in [-0.2, 0) is 19.1 Å². The van der Waals surface area contributed by atoms with E-state index in [2.05, 4.69) is 5.32 Å². The van der Waals surface area contributed by atoms with Crippen LogP contribution < -0.4 is 5.32 Å². The molecule has 1 N–H and O–H groups in total. The van der Waals surface area contributed by atoms with Gasteiger partial charge in [0.2, 0.25) is 0 Å². The summed E-state index contributed by atoms with van der Waals surface area (Å²) in [7, 11) is 0. The molecule has 6 heteroatoms. The zero-order valence-electron chi connectivity index (χ0n) is 12.6. The van der Waals surface area contributed by atoms with Crippen molar-refractivity contribution in [3.05, 3.63) is 29.8 Å². The second-order valence-corrected chi connectivity index (χ2v) is 5.20. The number of carbonyl (C=O) groups excluding carboxylic acids is 3. The normalized spacial score (nSPS) is 18.5. The summed E-state index contributed by atoms with van der Waals surface area (Å²) in [6.45, 7) is 3.52. The minimum absolute atomic E-state index is 0.0447. The van der Waals surface area contributed by atoms with E-state index in [0.29, 0.717) is 24.3 Å². The minimum atomic E-state index is -0.913. The summed E-state index contributed by atoms with van der Waals surface area (Å²) in [6, 6.07) is 6.51. The third-order valence-corrected chi connectivity index (χ3v) is 3.41. The standard InChI is InChI=1S/C16H19NO5/c1-10(18)12-5-7-13(8-6-12)17-15(19)11(2)22-16(20)14-4-3-9-21-14/h5-8,11,14H,3-4,9H2,1-2H3,(H,17,19)/t11-,14+/m0/s1. The average Bonchev–Trinajstić information content (AvgIpc) is 3.02. The van der Waals surface area contributed by atoms with Gasteiger partial charge in [0.15, 0.2) is 18.0 Å². The summed E-state index contributed by atoms with van der Waals surface area (Å²) in [6.07, 6.45) is -0.0306. The number of rotatable bonds is 5. The molecule has 1 heterocycles. The van der Waals surface area contributed by atoms with Gasteiger partial charge in [0, 0.05) is 17.9 Å². The van der Waals surface area contributed by atoms with E-state index in [9.17, 15) is 14.4 Å². The quantitative estimate of drug-likeness (QED) is 0.664. The van der Waals surface area contributed by atoms with Gasteiger partial charge in [0.05, 0.1) is 0 Å². The van der Waals surface area contributed by atoms with Gasteiger partial charge in [-0.3, -0.25) is 9.59 Å². The smallest absolute Gasteiger partial charge is 0.336 e. The van der Waals surface area contributed by atoms with Crippen molar-refractivity contribution in [3.63, 3.8) is 0 Å². The molecule has 0 saturated carbocycles. The molecule has 0 aliphatic carbocycles. The first-order valence-electron chi connectivity index (χ1n) is 7.21. The van der Waals surface area contributed by atoms with Gasteiger partial charge in [-0.1, -0.05) is 0 Å². The van der Waals surface area contributed by atoms with Crippen molar-refractivity contribution in [1.29, 1.82) is 0 Å². The number of nitrogens with one attached hydrogen (secondary N) is 1. The van der Waals surface area contributed by atoms with Crippen LogP contribution in [-0.4, -0.2) is 36.5 Å². The summed E-state index contributed by atoms with van der Waals surface area (Å²) < 4.78 is 10.3. The van der Waals surface area contributed by atoms with E-state index in [0.717, 1.165) is 6.42 Å². The molecule has 118 valence electrons. The average molecular weight is 305 g/mol. The number of hydrogen-bond acceptors (Lipinski definition) is 5. The maximum absolute atomic E-state index is 12.0. The van der Waals surface area contributed by atoms with Crippen LogP contribution in [0.1, 0.15) is 37.0 Å². The van der Waals surface area contributed by atoms with E-state index in [-0.39, 0.29) is 5.78 Å². The summed E-state index contributed by atoms with van der Waals surface area (Å²) >= 11 is 0.